The quantitative estimate of drug-likeness (QED) is 0.295. The molecule has 3 aliphatic heterocycles. The summed E-state index contributed by atoms with van der Waals surface area (Å²) in [6.07, 6.45) is 2.74. The maximum Gasteiger partial charge on any atom is 0.255 e. The van der Waals surface area contributed by atoms with E-state index in [1.54, 1.807) is 12.1 Å². The fraction of sp³-hybridized carbons (Fsp3) is 0.324. The first kappa shape index (κ1) is 29.9. The predicted molar refractivity (Wildman–Crippen MR) is 177 cm³/mol. The lowest BCUT2D eigenvalue weighted by Gasteiger charge is -2.44. The van der Waals surface area contributed by atoms with Gasteiger partial charge < -0.3 is 20.1 Å². The van der Waals surface area contributed by atoms with Crippen LogP contribution in [-0.2, 0) is 13.1 Å². The second-order valence-corrected chi connectivity index (χ2v) is 12.8. The zero-order valence-electron chi connectivity index (χ0n) is 25.7. The number of nitrogens with zero attached hydrogens (tertiary/aromatic N) is 3. The Morgan fingerprint density at radius 2 is 1.57 bits per heavy atom. The number of aromatic nitrogens is 1. The lowest BCUT2D eigenvalue weighted by Crippen LogP contribution is -2.47. The second-order valence-electron chi connectivity index (χ2n) is 12.8. The van der Waals surface area contributed by atoms with Crippen LogP contribution in [0.25, 0.3) is 0 Å². The van der Waals surface area contributed by atoms with Gasteiger partial charge in [0.25, 0.3) is 17.4 Å². The summed E-state index contributed by atoms with van der Waals surface area (Å²) in [5.41, 5.74) is 4.51. The maximum absolute atomic E-state index is 13.6. The van der Waals surface area contributed by atoms with Crippen molar-refractivity contribution in [2.75, 3.05) is 36.4 Å². The molecule has 8 nitrogen and oxygen atoms in total. The fourth-order valence-corrected chi connectivity index (χ4v) is 7.29. The highest BCUT2D eigenvalue weighted by molar-refractivity contribution is 6.07. The molecule has 3 aliphatic rings. The summed E-state index contributed by atoms with van der Waals surface area (Å²) in [6, 6.07) is 26.9. The molecule has 0 aliphatic carbocycles. The van der Waals surface area contributed by atoms with Crippen LogP contribution in [0.1, 0.15) is 57.2 Å². The second kappa shape index (κ2) is 12.9. The van der Waals surface area contributed by atoms with Gasteiger partial charge in [-0.05, 0) is 79.3 Å². The average molecular weight is 620 g/mol. The molecule has 1 aromatic heterocycles. The van der Waals surface area contributed by atoms with Crippen LogP contribution in [0.15, 0.2) is 95.8 Å². The zero-order chi connectivity index (χ0) is 31.6. The lowest BCUT2D eigenvalue weighted by molar-refractivity contribution is 0.0908. The molecule has 2 saturated heterocycles. The normalized spacial score (nSPS) is 19.7. The van der Waals surface area contributed by atoms with E-state index >= 15 is 0 Å². The van der Waals surface area contributed by atoms with Gasteiger partial charge in [0, 0.05) is 74.1 Å². The van der Waals surface area contributed by atoms with E-state index in [-0.39, 0.29) is 35.3 Å². The first-order valence-corrected chi connectivity index (χ1v) is 16.1. The van der Waals surface area contributed by atoms with Crippen LogP contribution in [0.2, 0.25) is 0 Å². The van der Waals surface area contributed by atoms with Crippen molar-refractivity contribution in [3.8, 4) is 0 Å². The molecule has 2 bridgehead atoms. The lowest BCUT2D eigenvalue weighted by atomic mass is 9.83. The van der Waals surface area contributed by atoms with Crippen LogP contribution in [0, 0.1) is 11.7 Å². The molecule has 3 aromatic carbocycles. The molecule has 0 radical (unpaired) electrons. The number of rotatable bonds is 7. The van der Waals surface area contributed by atoms with Crippen molar-refractivity contribution in [2.24, 2.45) is 5.92 Å². The molecule has 4 aromatic rings. The van der Waals surface area contributed by atoms with E-state index in [2.05, 4.69) is 44.7 Å². The summed E-state index contributed by atoms with van der Waals surface area (Å²) >= 11 is 0. The number of carbonyl (C=O) groups is 2. The van der Waals surface area contributed by atoms with E-state index in [4.69, 9.17) is 0 Å². The van der Waals surface area contributed by atoms with Crippen molar-refractivity contribution in [1.82, 2.24) is 14.8 Å². The number of hydrogen-bond donors (Lipinski definition) is 2. The Kier molecular flexibility index (Phi) is 8.41. The molecule has 0 unspecified atom stereocenters. The SMILES string of the molecule is O=C(Nc1cc(C(=O)NC2CCN(Cc3ccccc3)CC2)ccc1N1C[C@H]2C[C@@H](C1)c1cccc(=O)n1C2)c1ccc(F)cc1. The van der Waals surface area contributed by atoms with Crippen LogP contribution in [0.3, 0.4) is 0 Å². The highest BCUT2D eigenvalue weighted by Gasteiger charge is 2.35. The number of hydrogen-bond acceptors (Lipinski definition) is 5. The van der Waals surface area contributed by atoms with Gasteiger partial charge in [-0.1, -0.05) is 36.4 Å². The van der Waals surface area contributed by atoms with Gasteiger partial charge in [0.05, 0.1) is 11.4 Å². The number of amides is 2. The molecule has 236 valence electrons. The van der Waals surface area contributed by atoms with Crippen molar-refractivity contribution in [3.63, 3.8) is 0 Å². The molecule has 9 heteroatoms. The standard InChI is InChI=1S/C37H38FN5O3/c38-30-12-9-27(10-13-30)36(45)40-32-20-28(37(46)39-31-15-17-41(18-16-31)21-25-5-2-1-3-6-25)11-14-34(32)42-22-26-19-29(24-42)33-7-4-8-35(44)43(33)23-26/h1-14,20,26,29,31H,15-19,21-24H2,(H,39,46)(H,40,45)/t26-,29+/m1/s1. The van der Waals surface area contributed by atoms with Gasteiger partial charge in [-0.2, -0.15) is 0 Å². The number of pyridine rings is 1. The molecule has 0 saturated carbocycles. The van der Waals surface area contributed by atoms with Crippen molar-refractivity contribution in [3.05, 3.63) is 130 Å². The number of fused-ring (bicyclic) bond motifs is 4. The summed E-state index contributed by atoms with van der Waals surface area (Å²) in [4.78, 5) is 44.1. The number of likely N-dealkylation sites (tertiary alicyclic amines) is 1. The molecular formula is C37H38FN5O3. The Balaban J connectivity index is 1.09. The number of carbonyl (C=O) groups excluding carboxylic acids is 2. The van der Waals surface area contributed by atoms with Crippen LogP contribution in [-0.4, -0.2) is 53.5 Å². The summed E-state index contributed by atoms with van der Waals surface area (Å²) in [6.45, 7) is 4.79. The summed E-state index contributed by atoms with van der Waals surface area (Å²) in [7, 11) is 0. The van der Waals surface area contributed by atoms with E-state index in [1.165, 1.54) is 29.8 Å². The summed E-state index contributed by atoms with van der Waals surface area (Å²) < 4.78 is 15.5. The first-order valence-electron chi connectivity index (χ1n) is 16.1. The third-order valence-electron chi connectivity index (χ3n) is 9.61. The van der Waals surface area contributed by atoms with Crippen molar-refractivity contribution < 1.29 is 14.0 Å². The number of anilines is 2. The van der Waals surface area contributed by atoms with Gasteiger partial charge in [-0.15, -0.1) is 0 Å². The highest BCUT2D eigenvalue weighted by atomic mass is 19.1. The molecule has 2 amide bonds. The van der Waals surface area contributed by atoms with Gasteiger partial charge in [0.2, 0.25) is 0 Å². The number of nitrogens with one attached hydrogen (secondary N) is 2. The maximum atomic E-state index is 13.6. The number of piperidine rings is 2. The minimum absolute atomic E-state index is 0.0325. The van der Waals surface area contributed by atoms with Crippen molar-refractivity contribution >= 4 is 23.2 Å². The van der Waals surface area contributed by atoms with E-state index in [9.17, 15) is 18.8 Å². The molecule has 4 heterocycles. The van der Waals surface area contributed by atoms with Gasteiger partial charge in [0.15, 0.2) is 0 Å². The third kappa shape index (κ3) is 6.46. The first-order chi connectivity index (χ1) is 22.4. The largest absolute Gasteiger partial charge is 0.369 e. The molecule has 2 atom stereocenters. The molecular weight excluding hydrogens is 581 g/mol. The van der Waals surface area contributed by atoms with Crippen LogP contribution >= 0.6 is 0 Å². The van der Waals surface area contributed by atoms with Crippen LogP contribution in [0.4, 0.5) is 15.8 Å². The molecule has 46 heavy (non-hydrogen) atoms. The number of halogens is 1. The molecule has 0 spiro atoms. The third-order valence-corrected chi connectivity index (χ3v) is 9.61. The minimum atomic E-state index is -0.416. The van der Waals surface area contributed by atoms with Gasteiger partial charge in [-0.3, -0.25) is 19.3 Å². The van der Waals surface area contributed by atoms with E-state index in [1.807, 2.05) is 34.9 Å². The predicted octanol–water partition coefficient (Wildman–Crippen LogP) is 5.26. The van der Waals surface area contributed by atoms with Crippen molar-refractivity contribution in [2.45, 2.75) is 44.3 Å². The van der Waals surface area contributed by atoms with E-state index in [0.717, 1.165) is 56.8 Å². The highest BCUT2D eigenvalue weighted by Crippen LogP contribution is 2.39. The Morgan fingerprint density at radius 3 is 2.35 bits per heavy atom. The zero-order valence-corrected chi connectivity index (χ0v) is 25.7. The fourth-order valence-electron chi connectivity index (χ4n) is 7.29. The summed E-state index contributed by atoms with van der Waals surface area (Å²) in [5.74, 6) is -0.505. The van der Waals surface area contributed by atoms with Gasteiger partial charge in [0.1, 0.15) is 5.82 Å². The Bertz CT molecular complexity index is 1780. The number of benzene rings is 3. The monoisotopic (exact) mass is 619 g/mol. The topological polar surface area (TPSA) is 86.7 Å². The Morgan fingerprint density at radius 1 is 0.804 bits per heavy atom. The van der Waals surface area contributed by atoms with Crippen molar-refractivity contribution in [1.29, 1.82) is 0 Å². The van der Waals surface area contributed by atoms with Gasteiger partial charge in [-0.25, -0.2) is 4.39 Å². The van der Waals surface area contributed by atoms with E-state index < -0.39 is 5.82 Å². The van der Waals surface area contributed by atoms with Crippen LogP contribution < -0.4 is 21.1 Å². The summed E-state index contributed by atoms with van der Waals surface area (Å²) in [5, 5.41) is 6.24. The van der Waals surface area contributed by atoms with Crippen LogP contribution in [0.5, 0.6) is 0 Å². The molecule has 2 N–H and O–H groups in total. The smallest absolute Gasteiger partial charge is 0.255 e. The Hall–Kier alpha value is -4.76. The van der Waals surface area contributed by atoms with E-state index in [0.29, 0.717) is 29.9 Å². The molecule has 2 fully saturated rings. The molecule has 7 rings (SSSR count). The minimum Gasteiger partial charge on any atom is -0.369 e. The average Bonchev–Trinajstić information content (AvgIpc) is 3.07. The Labute approximate surface area is 267 Å². The van der Waals surface area contributed by atoms with Gasteiger partial charge >= 0.3 is 0 Å².